The topological polar surface area (TPSA) is 32.7 Å². The normalized spacial score (nSPS) is 19.9. The summed E-state index contributed by atoms with van der Waals surface area (Å²) in [7, 11) is 1.66. The van der Waals surface area contributed by atoms with Gasteiger partial charge in [0.15, 0.2) is 0 Å². The highest BCUT2D eigenvalue weighted by atomic mass is 16.5. The fourth-order valence-electron chi connectivity index (χ4n) is 2.79. The minimum absolute atomic E-state index is 0.386. The summed E-state index contributed by atoms with van der Waals surface area (Å²) in [6.45, 7) is 4.57. The lowest BCUT2D eigenvalue weighted by Gasteiger charge is -2.33. The summed E-state index contributed by atoms with van der Waals surface area (Å²) in [4.78, 5) is 2.50. The summed E-state index contributed by atoms with van der Waals surface area (Å²) in [6.07, 6.45) is 4.35. The van der Waals surface area contributed by atoms with E-state index in [4.69, 9.17) is 4.74 Å². The first-order chi connectivity index (χ1) is 9.20. The van der Waals surface area contributed by atoms with E-state index < -0.39 is 0 Å². The number of likely N-dealkylation sites (tertiary alicyclic amines) is 1. The number of rotatable bonds is 5. The van der Waals surface area contributed by atoms with E-state index in [9.17, 15) is 5.11 Å². The second-order valence-electron chi connectivity index (χ2n) is 5.47. The molecule has 0 bridgehead atoms. The predicted octanol–water partition coefficient (Wildman–Crippen LogP) is 2.99. The zero-order valence-electron chi connectivity index (χ0n) is 12.0. The first-order valence-electron chi connectivity index (χ1n) is 7.27. The van der Waals surface area contributed by atoms with Gasteiger partial charge in [-0.3, -0.25) is 0 Å². The summed E-state index contributed by atoms with van der Waals surface area (Å²) in [5.74, 6) is 0.833. The van der Waals surface area contributed by atoms with Gasteiger partial charge < -0.3 is 14.7 Å². The zero-order valence-corrected chi connectivity index (χ0v) is 12.0. The SMILES string of the molecule is COc1ccc([C@@H](O)C[C@H](C)N2CCCCC2)cc1. The minimum Gasteiger partial charge on any atom is -0.497 e. The lowest BCUT2D eigenvalue weighted by Crippen LogP contribution is -2.38. The molecule has 2 atom stereocenters. The van der Waals surface area contributed by atoms with Crippen molar-refractivity contribution in [2.45, 2.75) is 44.8 Å². The monoisotopic (exact) mass is 263 g/mol. The lowest BCUT2D eigenvalue weighted by atomic mass is 10.00. The van der Waals surface area contributed by atoms with Gasteiger partial charge in [-0.2, -0.15) is 0 Å². The van der Waals surface area contributed by atoms with Crippen molar-refractivity contribution in [1.29, 1.82) is 0 Å². The highest BCUT2D eigenvalue weighted by molar-refractivity contribution is 5.28. The van der Waals surface area contributed by atoms with Gasteiger partial charge >= 0.3 is 0 Å². The largest absolute Gasteiger partial charge is 0.497 e. The van der Waals surface area contributed by atoms with E-state index in [0.29, 0.717) is 6.04 Å². The number of nitrogens with zero attached hydrogens (tertiary/aromatic N) is 1. The quantitative estimate of drug-likeness (QED) is 0.886. The number of aliphatic hydroxyl groups is 1. The molecule has 0 unspecified atom stereocenters. The van der Waals surface area contributed by atoms with Crippen LogP contribution in [0.3, 0.4) is 0 Å². The van der Waals surface area contributed by atoms with Crippen LogP contribution in [0.4, 0.5) is 0 Å². The Hall–Kier alpha value is -1.06. The van der Waals surface area contributed by atoms with Crippen molar-refractivity contribution in [1.82, 2.24) is 4.90 Å². The number of aliphatic hydroxyl groups excluding tert-OH is 1. The molecule has 0 spiro atoms. The second kappa shape index (κ2) is 6.92. The van der Waals surface area contributed by atoms with Gasteiger partial charge in [0.1, 0.15) is 5.75 Å². The summed E-state index contributed by atoms with van der Waals surface area (Å²) >= 11 is 0. The molecule has 0 aliphatic carbocycles. The van der Waals surface area contributed by atoms with E-state index >= 15 is 0 Å². The Morgan fingerprint density at radius 2 is 1.79 bits per heavy atom. The van der Waals surface area contributed by atoms with Crippen LogP contribution >= 0.6 is 0 Å². The van der Waals surface area contributed by atoms with E-state index in [1.54, 1.807) is 7.11 Å². The van der Waals surface area contributed by atoms with Crippen molar-refractivity contribution < 1.29 is 9.84 Å². The molecular weight excluding hydrogens is 238 g/mol. The van der Waals surface area contributed by atoms with Crippen LogP contribution < -0.4 is 4.74 Å². The standard InChI is InChI=1S/C16H25NO2/c1-13(17-10-4-3-5-11-17)12-16(18)14-6-8-15(19-2)9-7-14/h6-9,13,16,18H,3-5,10-12H2,1-2H3/t13-,16-/m0/s1. The van der Waals surface area contributed by atoms with Crippen molar-refractivity contribution in [2.24, 2.45) is 0 Å². The van der Waals surface area contributed by atoms with Gasteiger partial charge in [-0.25, -0.2) is 0 Å². The molecule has 106 valence electrons. The van der Waals surface area contributed by atoms with Gasteiger partial charge in [0.25, 0.3) is 0 Å². The molecular formula is C16H25NO2. The van der Waals surface area contributed by atoms with Crippen LogP contribution in [0.5, 0.6) is 5.75 Å². The van der Waals surface area contributed by atoms with Crippen LogP contribution in [0.2, 0.25) is 0 Å². The maximum absolute atomic E-state index is 10.3. The Kier molecular flexibility index (Phi) is 5.23. The van der Waals surface area contributed by atoms with Gasteiger partial charge in [0, 0.05) is 6.04 Å². The first-order valence-corrected chi connectivity index (χ1v) is 7.27. The second-order valence-corrected chi connectivity index (χ2v) is 5.47. The first kappa shape index (κ1) is 14.4. The molecule has 0 radical (unpaired) electrons. The molecule has 1 fully saturated rings. The van der Waals surface area contributed by atoms with Crippen molar-refractivity contribution in [3.05, 3.63) is 29.8 Å². The minimum atomic E-state index is -0.386. The van der Waals surface area contributed by atoms with Gasteiger partial charge in [-0.05, 0) is 57.0 Å². The molecule has 1 aromatic rings. The molecule has 1 aliphatic rings. The zero-order chi connectivity index (χ0) is 13.7. The highest BCUT2D eigenvalue weighted by Gasteiger charge is 2.20. The van der Waals surface area contributed by atoms with Crippen LogP contribution in [0.25, 0.3) is 0 Å². The molecule has 1 saturated heterocycles. The summed E-state index contributed by atoms with van der Waals surface area (Å²) in [5.41, 5.74) is 0.977. The summed E-state index contributed by atoms with van der Waals surface area (Å²) < 4.78 is 5.14. The molecule has 2 rings (SSSR count). The van der Waals surface area contributed by atoms with Gasteiger partial charge in [0.05, 0.1) is 13.2 Å². The Morgan fingerprint density at radius 1 is 1.16 bits per heavy atom. The molecule has 19 heavy (non-hydrogen) atoms. The predicted molar refractivity (Wildman–Crippen MR) is 77.5 cm³/mol. The van der Waals surface area contributed by atoms with Crippen molar-refractivity contribution >= 4 is 0 Å². The van der Waals surface area contributed by atoms with E-state index in [1.807, 2.05) is 24.3 Å². The van der Waals surface area contributed by atoms with Crippen LogP contribution in [0, 0.1) is 0 Å². The third-order valence-electron chi connectivity index (χ3n) is 4.08. The smallest absolute Gasteiger partial charge is 0.118 e. The average molecular weight is 263 g/mol. The molecule has 3 heteroatoms. The molecule has 1 N–H and O–H groups in total. The van der Waals surface area contributed by atoms with Crippen molar-refractivity contribution in [2.75, 3.05) is 20.2 Å². The Labute approximate surface area is 116 Å². The number of ether oxygens (including phenoxy) is 1. The van der Waals surface area contributed by atoms with E-state index in [0.717, 1.165) is 17.7 Å². The maximum atomic E-state index is 10.3. The maximum Gasteiger partial charge on any atom is 0.118 e. The van der Waals surface area contributed by atoms with Crippen molar-refractivity contribution in [3.63, 3.8) is 0 Å². The highest BCUT2D eigenvalue weighted by Crippen LogP contribution is 2.24. The Morgan fingerprint density at radius 3 is 2.37 bits per heavy atom. The lowest BCUT2D eigenvalue weighted by molar-refractivity contribution is 0.0970. The summed E-state index contributed by atoms with van der Waals surface area (Å²) in [6, 6.07) is 8.16. The van der Waals surface area contributed by atoms with E-state index in [-0.39, 0.29) is 6.10 Å². The number of hydrogen-bond acceptors (Lipinski definition) is 3. The number of benzene rings is 1. The van der Waals surface area contributed by atoms with E-state index in [1.165, 1.54) is 32.4 Å². The molecule has 0 saturated carbocycles. The van der Waals surface area contributed by atoms with Gasteiger partial charge in [-0.1, -0.05) is 18.6 Å². The Balaban J connectivity index is 1.89. The van der Waals surface area contributed by atoms with Gasteiger partial charge in [0.2, 0.25) is 0 Å². The fourth-order valence-corrected chi connectivity index (χ4v) is 2.79. The number of hydrogen-bond donors (Lipinski definition) is 1. The molecule has 0 aromatic heterocycles. The summed E-state index contributed by atoms with van der Waals surface area (Å²) in [5, 5.41) is 10.3. The van der Waals surface area contributed by atoms with Crippen LogP contribution in [-0.2, 0) is 0 Å². The van der Waals surface area contributed by atoms with Crippen LogP contribution in [0.15, 0.2) is 24.3 Å². The molecule has 1 aromatic carbocycles. The fraction of sp³-hybridized carbons (Fsp3) is 0.625. The van der Waals surface area contributed by atoms with Crippen LogP contribution in [-0.4, -0.2) is 36.2 Å². The molecule has 1 heterocycles. The molecule has 1 aliphatic heterocycles. The third kappa shape index (κ3) is 3.95. The van der Waals surface area contributed by atoms with E-state index in [2.05, 4.69) is 11.8 Å². The number of methoxy groups -OCH3 is 1. The molecule has 3 nitrogen and oxygen atoms in total. The van der Waals surface area contributed by atoms with Crippen molar-refractivity contribution in [3.8, 4) is 5.75 Å². The molecule has 0 amide bonds. The average Bonchev–Trinajstić information content (AvgIpc) is 2.48. The van der Waals surface area contributed by atoms with Crippen LogP contribution in [0.1, 0.15) is 44.3 Å². The van der Waals surface area contributed by atoms with Gasteiger partial charge in [-0.15, -0.1) is 0 Å². The number of piperidine rings is 1. The third-order valence-corrected chi connectivity index (χ3v) is 4.08. The Bertz CT molecular complexity index is 371.